The molecule has 17 heavy (non-hydrogen) atoms. The first kappa shape index (κ1) is 14.4. The van der Waals surface area contributed by atoms with Crippen molar-refractivity contribution in [1.82, 2.24) is 5.32 Å². The van der Waals surface area contributed by atoms with Gasteiger partial charge in [-0.3, -0.25) is 4.79 Å². The molecule has 1 amide bonds. The number of carbonyl (C=O) groups is 1. The van der Waals surface area contributed by atoms with Gasteiger partial charge in [-0.15, -0.1) is 0 Å². The number of hydrogen-bond acceptors (Lipinski definition) is 1. The van der Waals surface area contributed by atoms with Crippen LogP contribution in [0.1, 0.15) is 20.8 Å². The first-order chi connectivity index (χ1) is 7.62. The molecule has 1 aliphatic rings. The SMILES string of the molecule is CCNC(=O)C1C(/C=C(\Cl)C(F)(F)F)C1(C)C. The average Bonchev–Trinajstić information content (AvgIpc) is 2.67. The Hall–Kier alpha value is -0.710. The summed E-state index contributed by atoms with van der Waals surface area (Å²) in [7, 11) is 0. The first-order valence-corrected chi connectivity index (χ1v) is 5.72. The minimum absolute atomic E-state index is 0.217. The van der Waals surface area contributed by atoms with Gasteiger partial charge < -0.3 is 5.32 Å². The Morgan fingerprint density at radius 2 is 2.00 bits per heavy atom. The molecule has 0 bridgehead atoms. The third-order valence-corrected chi connectivity index (χ3v) is 3.48. The third kappa shape index (κ3) is 2.94. The van der Waals surface area contributed by atoms with Gasteiger partial charge in [0.25, 0.3) is 0 Å². The molecule has 0 aliphatic heterocycles. The van der Waals surface area contributed by atoms with Crippen molar-refractivity contribution in [3.05, 3.63) is 11.1 Å². The van der Waals surface area contributed by atoms with Crippen LogP contribution in [-0.2, 0) is 4.79 Å². The van der Waals surface area contributed by atoms with Crippen LogP contribution in [0.3, 0.4) is 0 Å². The van der Waals surface area contributed by atoms with Crippen LogP contribution in [0.15, 0.2) is 11.1 Å². The minimum Gasteiger partial charge on any atom is -0.356 e. The predicted molar refractivity (Wildman–Crippen MR) is 59.4 cm³/mol. The van der Waals surface area contributed by atoms with Gasteiger partial charge in [-0.1, -0.05) is 31.5 Å². The van der Waals surface area contributed by atoms with Crippen molar-refractivity contribution in [1.29, 1.82) is 0 Å². The lowest BCUT2D eigenvalue weighted by molar-refractivity contribution is -0.123. The van der Waals surface area contributed by atoms with Crippen LogP contribution in [0, 0.1) is 17.3 Å². The van der Waals surface area contributed by atoms with Gasteiger partial charge in [0.15, 0.2) is 0 Å². The molecule has 0 heterocycles. The predicted octanol–water partition coefficient (Wildman–Crippen LogP) is 3.08. The molecule has 2 atom stereocenters. The van der Waals surface area contributed by atoms with Crippen molar-refractivity contribution in [3.8, 4) is 0 Å². The van der Waals surface area contributed by atoms with Gasteiger partial charge in [-0.05, 0) is 18.3 Å². The van der Waals surface area contributed by atoms with Crippen molar-refractivity contribution in [2.75, 3.05) is 6.54 Å². The van der Waals surface area contributed by atoms with E-state index >= 15 is 0 Å². The van der Waals surface area contributed by atoms with E-state index in [1.54, 1.807) is 20.8 Å². The summed E-state index contributed by atoms with van der Waals surface area (Å²) in [4.78, 5) is 11.6. The monoisotopic (exact) mass is 269 g/mol. The Kier molecular flexibility index (Phi) is 3.81. The lowest BCUT2D eigenvalue weighted by Gasteiger charge is -2.04. The highest BCUT2D eigenvalue weighted by Gasteiger charge is 2.61. The number of rotatable bonds is 3. The number of halogens is 4. The first-order valence-electron chi connectivity index (χ1n) is 5.34. The van der Waals surface area contributed by atoms with Crippen LogP contribution in [0.2, 0.25) is 0 Å². The summed E-state index contributed by atoms with van der Waals surface area (Å²) < 4.78 is 36.8. The molecule has 0 spiro atoms. The van der Waals surface area contributed by atoms with E-state index in [0.29, 0.717) is 6.54 Å². The van der Waals surface area contributed by atoms with Crippen LogP contribution < -0.4 is 5.32 Å². The van der Waals surface area contributed by atoms with E-state index in [4.69, 9.17) is 11.6 Å². The van der Waals surface area contributed by atoms with Gasteiger partial charge in [-0.25, -0.2) is 0 Å². The number of carbonyl (C=O) groups excluding carboxylic acids is 1. The zero-order chi connectivity index (χ0) is 13.4. The van der Waals surface area contributed by atoms with Crippen molar-refractivity contribution in [2.24, 2.45) is 17.3 Å². The zero-order valence-corrected chi connectivity index (χ0v) is 10.6. The number of allylic oxidation sites excluding steroid dienone is 2. The van der Waals surface area contributed by atoms with Gasteiger partial charge in [0.2, 0.25) is 5.91 Å². The highest BCUT2D eigenvalue weighted by Crippen LogP contribution is 2.60. The molecule has 1 saturated carbocycles. The lowest BCUT2D eigenvalue weighted by atomic mass is 10.1. The Balaban J connectivity index is 2.79. The largest absolute Gasteiger partial charge is 0.426 e. The molecular weight excluding hydrogens is 255 g/mol. The Morgan fingerprint density at radius 3 is 2.41 bits per heavy atom. The maximum absolute atomic E-state index is 12.3. The van der Waals surface area contributed by atoms with Gasteiger partial charge in [0.05, 0.1) is 5.92 Å². The highest BCUT2D eigenvalue weighted by atomic mass is 35.5. The van der Waals surface area contributed by atoms with Crippen molar-refractivity contribution < 1.29 is 18.0 Å². The Bertz CT molecular complexity index is 349. The summed E-state index contributed by atoms with van der Waals surface area (Å²) in [5.74, 6) is -1.10. The fraction of sp³-hybridized carbons (Fsp3) is 0.727. The summed E-state index contributed by atoms with van der Waals surface area (Å²) in [6, 6.07) is 0. The van der Waals surface area contributed by atoms with E-state index in [1.807, 2.05) is 0 Å². The van der Waals surface area contributed by atoms with Gasteiger partial charge in [0.1, 0.15) is 5.03 Å². The second-order valence-electron chi connectivity index (χ2n) is 4.73. The Labute approximate surface area is 103 Å². The molecular formula is C11H15ClF3NO. The number of hydrogen-bond donors (Lipinski definition) is 1. The fourth-order valence-electron chi connectivity index (χ4n) is 2.03. The molecule has 0 saturated heterocycles. The topological polar surface area (TPSA) is 29.1 Å². The van der Waals surface area contributed by atoms with Crippen LogP contribution in [0.4, 0.5) is 13.2 Å². The quantitative estimate of drug-likeness (QED) is 0.838. The number of nitrogens with one attached hydrogen (secondary N) is 1. The molecule has 1 N–H and O–H groups in total. The van der Waals surface area contributed by atoms with E-state index < -0.39 is 28.5 Å². The number of amides is 1. The van der Waals surface area contributed by atoms with Gasteiger partial charge >= 0.3 is 6.18 Å². The van der Waals surface area contributed by atoms with E-state index in [-0.39, 0.29) is 5.91 Å². The molecule has 1 rings (SSSR count). The summed E-state index contributed by atoms with van der Waals surface area (Å²) in [5.41, 5.74) is -0.468. The zero-order valence-electron chi connectivity index (χ0n) is 9.86. The van der Waals surface area contributed by atoms with Crippen LogP contribution in [0.5, 0.6) is 0 Å². The lowest BCUT2D eigenvalue weighted by Crippen LogP contribution is -2.26. The smallest absolute Gasteiger partial charge is 0.356 e. The molecule has 0 aromatic heterocycles. The molecule has 1 fully saturated rings. The van der Waals surface area contributed by atoms with Crippen molar-refractivity contribution in [2.45, 2.75) is 26.9 Å². The van der Waals surface area contributed by atoms with Crippen molar-refractivity contribution in [3.63, 3.8) is 0 Å². The summed E-state index contributed by atoms with van der Waals surface area (Å²) >= 11 is 5.17. The molecule has 0 aromatic rings. The van der Waals surface area contributed by atoms with Crippen molar-refractivity contribution >= 4 is 17.5 Å². The highest BCUT2D eigenvalue weighted by molar-refractivity contribution is 6.30. The molecule has 2 nitrogen and oxygen atoms in total. The van der Waals surface area contributed by atoms with E-state index in [0.717, 1.165) is 6.08 Å². The van der Waals surface area contributed by atoms with Crippen LogP contribution >= 0.6 is 11.6 Å². The Morgan fingerprint density at radius 1 is 1.47 bits per heavy atom. The van der Waals surface area contributed by atoms with Crippen LogP contribution in [-0.4, -0.2) is 18.6 Å². The average molecular weight is 270 g/mol. The fourth-order valence-corrected chi connectivity index (χ4v) is 2.16. The minimum atomic E-state index is -4.54. The van der Waals surface area contributed by atoms with Crippen LogP contribution in [0.25, 0.3) is 0 Å². The maximum atomic E-state index is 12.3. The second-order valence-corrected chi connectivity index (χ2v) is 5.14. The molecule has 1 aliphatic carbocycles. The van der Waals surface area contributed by atoms with Gasteiger partial charge in [0, 0.05) is 6.54 Å². The van der Waals surface area contributed by atoms with E-state index in [9.17, 15) is 18.0 Å². The molecule has 0 radical (unpaired) electrons. The van der Waals surface area contributed by atoms with Gasteiger partial charge in [-0.2, -0.15) is 13.2 Å². The van der Waals surface area contributed by atoms with E-state index in [2.05, 4.69) is 5.32 Å². The summed E-state index contributed by atoms with van der Waals surface area (Å²) in [6.45, 7) is 5.75. The maximum Gasteiger partial charge on any atom is 0.426 e. The third-order valence-electron chi connectivity index (χ3n) is 3.14. The number of alkyl halides is 3. The molecule has 6 heteroatoms. The molecule has 2 unspecified atom stereocenters. The summed E-state index contributed by atoms with van der Waals surface area (Å²) in [5, 5.41) is 1.46. The standard InChI is InChI=1S/C11H15ClF3NO/c1-4-16-9(17)8-6(10(8,2)3)5-7(12)11(13,14)15/h5-6,8H,4H2,1-3H3,(H,16,17)/b7-5-. The molecule has 98 valence electrons. The second kappa shape index (κ2) is 4.52. The summed E-state index contributed by atoms with van der Waals surface area (Å²) in [6.07, 6.45) is -3.59. The normalized spacial score (nSPS) is 27.8. The van der Waals surface area contributed by atoms with E-state index in [1.165, 1.54) is 0 Å². The molecule has 0 aromatic carbocycles.